The first kappa shape index (κ1) is 19.3. The molecule has 3 aromatic rings. The highest BCUT2D eigenvalue weighted by Gasteiger charge is 2.29. The number of piperazine rings is 1. The summed E-state index contributed by atoms with van der Waals surface area (Å²) in [6, 6.07) is 13.6. The summed E-state index contributed by atoms with van der Waals surface area (Å²) in [6.07, 6.45) is 0. The van der Waals surface area contributed by atoms with Crippen LogP contribution in [0, 0.1) is 0 Å². The summed E-state index contributed by atoms with van der Waals surface area (Å²) in [7, 11) is 0. The largest absolute Gasteiger partial charge is 0.494 e. The van der Waals surface area contributed by atoms with Crippen LogP contribution in [0.5, 0.6) is 5.88 Å². The number of aromatic hydroxyl groups is 1. The summed E-state index contributed by atoms with van der Waals surface area (Å²) in [6.45, 7) is 5.38. The number of rotatable bonds is 5. The van der Waals surface area contributed by atoms with Crippen LogP contribution in [0.25, 0.3) is 10.9 Å². The summed E-state index contributed by atoms with van der Waals surface area (Å²) in [4.78, 5) is 15.9. The predicted octanol–water partition coefficient (Wildman–Crippen LogP) is 3.40. The number of para-hydroxylation sites is 1. The molecule has 0 saturated carbocycles. The minimum atomic E-state index is 0.0790. The zero-order chi connectivity index (χ0) is 20.5. The maximum absolute atomic E-state index is 10.6. The van der Waals surface area contributed by atoms with Gasteiger partial charge in [0.1, 0.15) is 18.0 Å². The monoisotopic (exact) mass is 467 g/mol. The molecule has 0 bridgehead atoms. The first-order valence-corrected chi connectivity index (χ1v) is 10.8. The van der Waals surface area contributed by atoms with Gasteiger partial charge in [-0.05, 0) is 24.3 Å². The van der Waals surface area contributed by atoms with Crippen LogP contribution in [0.4, 0.5) is 5.69 Å². The van der Waals surface area contributed by atoms with Gasteiger partial charge < -0.3 is 20.2 Å². The Kier molecular flexibility index (Phi) is 5.28. The van der Waals surface area contributed by atoms with Crippen LogP contribution in [-0.2, 0) is 4.84 Å². The van der Waals surface area contributed by atoms with E-state index in [-0.39, 0.29) is 5.88 Å². The summed E-state index contributed by atoms with van der Waals surface area (Å²) >= 11 is 3.53. The second kappa shape index (κ2) is 8.22. The molecular weight excluding hydrogens is 446 g/mol. The molecule has 5 rings (SSSR count). The number of halogens is 1. The SMILES string of the molecule is Oc1[nH]c2ccccc2c1C1=Nc2ccc(Br)cc2/C1=N\OCCN1CCNCC1. The molecule has 0 amide bonds. The van der Waals surface area contributed by atoms with Crippen molar-refractivity contribution in [1.82, 2.24) is 15.2 Å². The van der Waals surface area contributed by atoms with Gasteiger partial charge in [0, 0.05) is 53.7 Å². The Balaban J connectivity index is 1.47. The molecule has 1 aromatic heterocycles. The smallest absolute Gasteiger partial charge is 0.199 e. The fourth-order valence-corrected chi connectivity index (χ4v) is 4.31. The molecule has 3 N–H and O–H groups in total. The maximum Gasteiger partial charge on any atom is 0.199 e. The van der Waals surface area contributed by atoms with Crippen molar-refractivity contribution in [2.75, 3.05) is 39.3 Å². The zero-order valence-electron chi connectivity index (χ0n) is 16.4. The molecule has 0 radical (unpaired) electrons. The number of nitrogens with zero attached hydrogens (tertiary/aromatic N) is 3. The van der Waals surface area contributed by atoms with Gasteiger partial charge in [-0.25, -0.2) is 4.99 Å². The number of oxime groups is 1. The number of aromatic nitrogens is 1. The molecular formula is C22H22BrN5O2. The Labute approximate surface area is 182 Å². The van der Waals surface area contributed by atoms with E-state index in [0.717, 1.165) is 59.4 Å². The molecule has 154 valence electrons. The number of benzene rings is 2. The van der Waals surface area contributed by atoms with Crippen molar-refractivity contribution in [3.05, 3.63) is 58.1 Å². The van der Waals surface area contributed by atoms with Crippen molar-refractivity contribution in [2.45, 2.75) is 0 Å². The van der Waals surface area contributed by atoms with Gasteiger partial charge in [0.05, 0.1) is 11.3 Å². The lowest BCUT2D eigenvalue weighted by atomic mass is 10.0. The number of aliphatic imine (C=N–C) groups is 1. The van der Waals surface area contributed by atoms with Gasteiger partial charge in [-0.1, -0.05) is 39.3 Å². The predicted molar refractivity (Wildman–Crippen MR) is 122 cm³/mol. The van der Waals surface area contributed by atoms with E-state index in [2.05, 4.69) is 36.3 Å². The van der Waals surface area contributed by atoms with Crippen molar-refractivity contribution in [2.24, 2.45) is 10.1 Å². The van der Waals surface area contributed by atoms with E-state index in [0.29, 0.717) is 23.6 Å². The van der Waals surface area contributed by atoms with E-state index in [1.54, 1.807) is 0 Å². The third-order valence-electron chi connectivity index (χ3n) is 5.46. The van der Waals surface area contributed by atoms with E-state index < -0.39 is 0 Å². The fraction of sp³-hybridized carbons (Fsp3) is 0.273. The molecule has 0 aliphatic carbocycles. The topological polar surface area (TPSA) is 85.2 Å². The highest BCUT2D eigenvalue weighted by Crippen LogP contribution is 2.36. The lowest BCUT2D eigenvalue weighted by molar-refractivity contribution is 0.106. The first-order valence-electron chi connectivity index (χ1n) is 10.0. The Morgan fingerprint density at radius 1 is 1.17 bits per heavy atom. The number of fused-ring (bicyclic) bond motifs is 2. The third-order valence-corrected chi connectivity index (χ3v) is 5.95. The molecule has 2 aliphatic rings. The molecule has 2 aromatic carbocycles. The third kappa shape index (κ3) is 3.62. The van der Waals surface area contributed by atoms with Gasteiger partial charge in [0.25, 0.3) is 0 Å². The Hall–Kier alpha value is -2.68. The van der Waals surface area contributed by atoms with Crippen molar-refractivity contribution < 1.29 is 9.94 Å². The highest BCUT2D eigenvalue weighted by atomic mass is 79.9. The number of aromatic amines is 1. The van der Waals surface area contributed by atoms with Crippen LogP contribution in [0.3, 0.4) is 0 Å². The highest BCUT2D eigenvalue weighted by molar-refractivity contribution is 9.10. The van der Waals surface area contributed by atoms with Gasteiger partial charge in [-0.3, -0.25) is 4.90 Å². The standard InChI is InChI=1S/C22H22BrN5O2/c23-14-5-6-18-16(13-14)20(27-30-12-11-28-9-7-24-8-10-28)21(25-18)19-15-3-1-2-4-17(15)26-22(19)29/h1-6,13,24,26,29H,7-12H2/b27-20+. The molecule has 7 nitrogen and oxygen atoms in total. The van der Waals surface area contributed by atoms with Crippen LogP contribution < -0.4 is 5.32 Å². The number of nitrogens with one attached hydrogen (secondary N) is 2. The number of hydrogen-bond donors (Lipinski definition) is 3. The second-order valence-electron chi connectivity index (χ2n) is 7.38. The molecule has 30 heavy (non-hydrogen) atoms. The van der Waals surface area contributed by atoms with E-state index in [9.17, 15) is 5.11 Å². The summed E-state index contributed by atoms with van der Waals surface area (Å²) < 4.78 is 0.939. The van der Waals surface area contributed by atoms with Crippen LogP contribution in [0.15, 0.2) is 57.1 Å². The molecule has 3 heterocycles. The Bertz CT molecular complexity index is 1150. The Morgan fingerprint density at radius 3 is 2.87 bits per heavy atom. The normalized spacial score (nSPS) is 18.0. The Morgan fingerprint density at radius 2 is 2.00 bits per heavy atom. The van der Waals surface area contributed by atoms with Crippen LogP contribution >= 0.6 is 15.9 Å². The molecule has 0 atom stereocenters. The second-order valence-corrected chi connectivity index (χ2v) is 8.30. The van der Waals surface area contributed by atoms with Gasteiger partial charge >= 0.3 is 0 Å². The summed E-state index contributed by atoms with van der Waals surface area (Å²) in [5, 5.41) is 19.4. The van der Waals surface area contributed by atoms with Crippen LogP contribution in [0.2, 0.25) is 0 Å². The van der Waals surface area contributed by atoms with Crippen LogP contribution in [0.1, 0.15) is 11.1 Å². The molecule has 0 spiro atoms. The quantitative estimate of drug-likeness (QED) is 0.396. The van der Waals surface area contributed by atoms with Crippen molar-refractivity contribution >= 4 is 43.9 Å². The minimum absolute atomic E-state index is 0.0790. The van der Waals surface area contributed by atoms with E-state index in [1.165, 1.54) is 0 Å². The van der Waals surface area contributed by atoms with Gasteiger partial charge in [-0.15, -0.1) is 0 Å². The molecule has 2 aliphatic heterocycles. The molecule has 8 heteroatoms. The van der Waals surface area contributed by atoms with Gasteiger partial charge in [0.15, 0.2) is 5.88 Å². The van der Waals surface area contributed by atoms with E-state index in [4.69, 9.17) is 9.83 Å². The average molecular weight is 468 g/mol. The summed E-state index contributed by atoms with van der Waals surface area (Å²) in [5.74, 6) is 0.0790. The first-order chi connectivity index (χ1) is 14.7. The van der Waals surface area contributed by atoms with E-state index in [1.807, 2.05) is 42.5 Å². The minimum Gasteiger partial charge on any atom is -0.494 e. The molecule has 0 unspecified atom stereocenters. The van der Waals surface area contributed by atoms with Crippen LogP contribution in [-0.4, -0.2) is 65.7 Å². The van der Waals surface area contributed by atoms with Gasteiger partial charge in [-0.2, -0.15) is 0 Å². The fourth-order valence-electron chi connectivity index (χ4n) is 3.95. The lowest BCUT2D eigenvalue weighted by Gasteiger charge is -2.26. The average Bonchev–Trinajstić information content (AvgIpc) is 3.27. The maximum atomic E-state index is 10.6. The molecule has 1 fully saturated rings. The number of H-pyrrole nitrogens is 1. The number of hydrogen-bond acceptors (Lipinski definition) is 6. The van der Waals surface area contributed by atoms with E-state index >= 15 is 0 Å². The van der Waals surface area contributed by atoms with Crippen molar-refractivity contribution in [1.29, 1.82) is 0 Å². The zero-order valence-corrected chi connectivity index (χ0v) is 17.9. The summed E-state index contributed by atoms with van der Waals surface area (Å²) in [5.41, 5.74) is 4.42. The van der Waals surface area contributed by atoms with Crippen molar-refractivity contribution in [3.8, 4) is 5.88 Å². The van der Waals surface area contributed by atoms with Gasteiger partial charge in [0.2, 0.25) is 0 Å². The lowest BCUT2D eigenvalue weighted by Crippen LogP contribution is -2.44. The molecule has 1 saturated heterocycles. The van der Waals surface area contributed by atoms with Crippen molar-refractivity contribution in [3.63, 3.8) is 0 Å².